The summed E-state index contributed by atoms with van der Waals surface area (Å²) in [5.41, 5.74) is 2.81. The molecule has 138 valence electrons. The van der Waals surface area contributed by atoms with Crippen molar-refractivity contribution in [2.24, 2.45) is 0 Å². The molecule has 0 aromatic heterocycles. The number of anilines is 1. The van der Waals surface area contributed by atoms with E-state index in [9.17, 15) is 4.79 Å². The number of carbonyl (C=O) groups excluding carboxylic acids is 1. The molecule has 0 atom stereocenters. The van der Waals surface area contributed by atoms with Crippen molar-refractivity contribution in [3.8, 4) is 5.75 Å². The average Bonchev–Trinajstić information content (AvgIpc) is 3.43. The Bertz CT molecular complexity index is 806. The normalized spacial score (nSPS) is 13.7. The first-order chi connectivity index (χ1) is 12.5. The summed E-state index contributed by atoms with van der Waals surface area (Å²) in [7, 11) is 1.60. The van der Waals surface area contributed by atoms with Gasteiger partial charge in [-0.3, -0.25) is 9.69 Å². The van der Waals surface area contributed by atoms with Gasteiger partial charge in [0.05, 0.1) is 29.4 Å². The molecule has 1 aliphatic rings. The van der Waals surface area contributed by atoms with Crippen molar-refractivity contribution in [1.82, 2.24) is 4.90 Å². The Morgan fingerprint density at radius 1 is 1.19 bits per heavy atom. The molecule has 0 heterocycles. The number of nitrogens with zero attached hydrogens (tertiary/aromatic N) is 1. The minimum Gasteiger partial charge on any atom is -0.495 e. The van der Waals surface area contributed by atoms with E-state index in [0.717, 1.165) is 24.0 Å². The third-order valence-corrected chi connectivity index (χ3v) is 5.15. The molecule has 26 heavy (non-hydrogen) atoms. The van der Waals surface area contributed by atoms with Crippen molar-refractivity contribution >= 4 is 34.8 Å². The summed E-state index contributed by atoms with van der Waals surface area (Å²) >= 11 is 12.1. The van der Waals surface area contributed by atoms with E-state index in [-0.39, 0.29) is 5.91 Å². The molecule has 2 aromatic rings. The third-order valence-electron chi connectivity index (χ3n) is 4.41. The largest absolute Gasteiger partial charge is 0.495 e. The number of benzene rings is 2. The van der Waals surface area contributed by atoms with Gasteiger partial charge in [-0.05, 0) is 55.2 Å². The van der Waals surface area contributed by atoms with Crippen molar-refractivity contribution < 1.29 is 9.53 Å². The van der Waals surface area contributed by atoms with Crippen LogP contribution in [0.3, 0.4) is 0 Å². The van der Waals surface area contributed by atoms with E-state index in [1.54, 1.807) is 13.2 Å². The summed E-state index contributed by atoms with van der Waals surface area (Å²) in [4.78, 5) is 14.8. The Labute approximate surface area is 164 Å². The second-order valence-electron chi connectivity index (χ2n) is 6.64. The molecule has 2 aromatic carbocycles. The topological polar surface area (TPSA) is 41.6 Å². The smallest absolute Gasteiger partial charge is 0.238 e. The predicted octanol–water partition coefficient (Wildman–Crippen LogP) is 4.91. The molecule has 0 radical (unpaired) electrons. The Morgan fingerprint density at radius 2 is 1.96 bits per heavy atom. The molecule has 0 spiro atoms. The number of hydrogen-bond acceptors (Lipinski definition) is 3. The summed E-state index contributed by atoms with van der Waals surface area (Å²) in [6, 6.07) is 11.8. The summed E-state index contributed by atoms with van der Waals surface area (Å²) in [5.74, 6) is 0.604. The molecule has 4 nitrogen and oxygen atoms in total. The molecule has 1 amide bonds. The highest BCUT2D eigenvalue weighted by atomic mass is 35.5. The number of ether oxygens (including phenoxy) is 1. The van der Waals surface area contributed by atoms with E-state index >= 15 is 0 Å². The van der Waals surface area contributed by atoms with E-state index in [2.05, 4.69) is 10.2 Å². The van der Waals surface area contributed by atoms with Gasteiger partial charge in [-0.15, -0.1) is 0 Å². The van der Waals surface area contributed by atoms with Gasteiger partial charge in [0.2, 0.25) is 5.91 Å². The van der Waals surface area contributed by atoms with Gasteiger partial charge < -0.3 is 10.1 Å². The maximum Gasteiger partial charge on any atom is 0.238 e. The standard InChI is InChI=1S/C20H22Cl2N2O2/c1-13-3-8-19(26-2)18(9-13)23-20(25)12-24(15-5-6-15)11-14-4-7-16(21)17(22)10-14/h3-4,7-10,15H,5-6,11-12H2,1-2H3,(H,23,25). The van der Waals surface area contributed by atoms with Crippen LogP contribution in [0, 0.1) is 6.92 Å². The number of carbonyl (C=O) groups is 1. The summed E-state index contributed by atoms with van der Waals surface area (Å²) in [6.45, 7) is 2.97. The monoisotopic (exact) mass is 392 g/mol. The predicted molar refractivity (Wildman–Crippen MR) is 106 cm³/mol. The lowest BCUT2D eigenvalue weighted by Crippen LogP contribution is -2.34. The lowest BCUT2D eigenvalue weighted by atomic mass is 10.2. The average molecular weight is 393 g/mol. The van der Waals surface area contributed by atoms with Crippen molar-refractivity contribution in [3.05, 3.63) is 57.6 Å². The molecule has 6 heteroatoms. The molecule has 1 N–H and O–H groups in total. The van der Waals surface area contributed by atoms with Crippen LogP contribution < -0.4 is 10.1 Å². The number of aryl methyl sites for hydroxylation is 1. The van der Waals surface area contributed by atoms with Crippen molar-refractivity contribution in [2.45, 2.75) is 32.4 Å². The lowest BCUT2D eigenvalue weighted by Gasteiger charge is -2.22. The van der Waals surface area contributed by atoms with E-state index < -0.39 is 0 Å². The maximum absolute atomic E-state index is 12.6. The first kappa shape index (κ1) is 19.0. The van der Waals surface area contributed by atoms with Crippen LogP contribution in [0.1, 0.15) is 24.0 Å². The molecule has 0 saturated heterocycles. The molecule has 3 rings (SSSR count). The first-order valence-electron chi connectivity index (χ1n) is 8.58. The van der Waals surface area contributed by atoms with Crippen LogP contribution >= 0.6 is 23.2 Å². The van der Waals surface area contributed by atoms with Crippen LogP contribution in [-0.2, 0) is 11.3 Å². The second-order valence-corrected chi connectivity index (χ2v) is 7.45. The Kier molecular flexibility index (Phi) is 6.07. The second kappa shape index (κ2) is 8.30. The van der Waals surface area contributed by atoms with E-state index in [1.807, 2.05) is 37.3 Å². The lowest BCUT2D eigenvalue weighted by molar-refractivity contribution is -0.117. The van der Waals surface area contributed by atoms with Gasteiger partial charge in [0.1, 0.15) is 5.75 Å². The quantitative estimate of drug-likeness (QED) is 0.727. The Balaban J connectivity index is 1.67. The minimum atomic E-state index is -0.0548. The van der Waals surface area contributed by atoms with Crippen molar-refractivity contribution in [1.29, 1.82) is 0 Å². The highest BCUT2D eigenvalue weighted by Gasteiger charge is 2.30. The highest BCUT2D eigenvalue weighted by molar-refractivity contribution is 6.42. The maximum atomic E-state index is 12.6. The van der Waals surface area contributed by atoms with Crippen LogP contribution in [-0.4, -0.2) is 30.5 Å². The van der Waals surface area contributed by atoms with Gasteiger partial charge in [-0.2, -0.15) is 0 Å². The zero-order valence-corrected chi connectivity index (χ0v) is 16.4. The first-order valence-corrected chi connectivity index (χ1v) is 9.34. The number of amides is 1. The summed E-state index contributed by atoms with van der Waals surface area (Å²) in [6.07, 6.45) is 2.23. The van der Waals surface area contributed by atoms with E-state index in [4.69, 9.17) is 27.9 Å². The van der Waals surface area contributed by atoms with E-state index in [0.29, 0.717) is 40.6 Å². The number of rotatable bonds is 7. The van der Waals surface area contributed by atoms with Gasteiger partial charge >= 0.3 is 0 Å². The minimum absolute atomic E-state index is 0.0548. The van der Waals surface area contributed by atoms with Crippen LogP contribution in [0.25, 0.3) is 0 Å². The molecular formula is C20H22Cl2N2O2. The summed E-state index contributed by atoms with van der Waals surface area (Å²) in [5, 5.41) is 4.04. The zero-order chi connectivity index (χ0) is 18.7. The SMILES string of the molecule is COc1ccc(C)cc1NC(=O)CN(Cc1ccc(Cl)c(Cl)c1)C1CC1. The molecule has 1 fully saturated rings. The Hall–Kier alpha value is -1.75. The molecule has 1 aliphatic carbocycles. The fraction of sp³-hybridized carbons (Fsp3) is 0.350. The Morgan fingerprint density at radius 3 is 2.62 bits per heavy atom. The highest BCUT2D eigenvalue weighted by Crippen LogP contribution is 2.30. The zero-order valence-electron chi connectivity index (χ0n) is 14.9. The molecule has 0 bridgehead atoms. The van der Waals surface area contributed by atoms with Crippen LogP contribution in [0.2, 0.25) is 10.0 Å². The number of halogens is 2. The molecule has 1 saturated carbocycles. The van der Waals surface area contributed by atoms with Crippen LogP contribution in [0.4, 0.5) is 5.69 Å². The van der Waals surface area contributed by atoms with Crippen molar-refractivity contribution in [2.75, 3.05) is 19.0 Å². The molecule has 0 unspecified atom stereocenters. The van der Waals surface area contributed by atoms with E-state index in [1.165, 1.54) is 0 Å². The van der Waals surface area contributed by atoms with Gasteiger partial charge in [0.25, 0.3) is 0 Å². The summed E-state index contributed by atoms with van der Waals surface area (Å²) < 4.78 is 5.33. The number of hydrogen-bond donors (Lipinski definition) is 1. The van der Waals surface area contributed by atoms with Gasteiger partial charge in [-0.1, -0.05) is 35.3 Å². The van der Waals surface area contributed by atoms with Crippen molar-refractivity contribution in [3.63, 3.8) is 0 Å². The molecular weight excluding hydrogens is 371 g/mol. The van der Waals surface area contributed by atoms with Crippen LogP contribution in [0.5, 0.6) is 5.75 Å². The third kappa shape index (κ3) is 4.91. The fourth-order valence-electron chi connectivity index (χ4n) is 2.92. The number of nitrogens with one attached hydrogen (secondary N) is 1. The fourth-order valence-corrected chi connectivity index (χ4v) is 3.24. The van der Waals surface area contributed by atoms with Gasteiger partial charge in [0.15, 0.2) is 0 Å². The number of methoxy groups -OCH3 is 1. The molecule has 0 aliphatic heterocycles. The van der Waals surface area contributed by atoms with Crippen LogP contribution in [0.15, 0.2) is 36.4 Å². The van der Waals surface area contributed by atoms with Gasteiger partial charge in [0, 0.05) is 12.6 Å². The van der Waals surface area contributed by atoms with Gasteiger partial charge in [-0.25, -0.2) is 0 Å².